The lowest BCUT2D eigenvalue weighted by Gasteiger charge is -2.03. The van der Waals surface area contributed by atoms with Gasteiger partial charge in [0.25, 0.3) is 11.2 Å². The Labute approximate surface area is 156 Å². The molecule has 0 fully saturated rings. The quantitative estimate of drug-likeness (QED) is 0.430. The topological polar surface area (TPSA) is 93.3 Å². The van der Waals surface area contributed by atoms with E-state index in [-0.39, 0.29) is 16.9 Å². The Morgan fingerprint density at radius 3 is 2.48 bits per heavy atom. The Balaban J connectivity index is 2.06. The van der Waals surface area contributed by atoms with Gasteiger partial charge in [0.05, 0.1) is 16.2 Å². The maximum Gasteiger partial charge on any atom is 0.295 e. The van der Waals surface area contributed by atoms with Crippen LogP contribution in [0, 0.1) is 37.8 Å². The maximum atomic E-state index is 12.8. The minimum atomic E-state index is -0.464. The molecule has 27 heavy (non-hydrogen) atoms. The Kier molecular flexibility index (Phi) is 4.77. The number of hydrogen-bond donors (Lipinski definition) is 1. The zero-order chi connectivity index (χ0) is 19.7. The second kappa shape index (κ2) is 7.03. The highest BCUT2D eigenvalue weighted by atomic mass is 16.6. The summed E-state index contributed by atoms with van der Waals surface area (Å²) in [6.45, 7) is 7.40. The number of nitro benzene ring substituents is 1. The van der Waals surface area contributed by atoms with E-state index in [0.29, 0.717) is 11.3 Å². The number of rotatable bonds is 4. The van der Waals surface area contributed by atoms with Crippen molar-refractivity contribution in [1.82, 2.24) is 9.78 Å². The van der Waals surface area contributed by atoms with Crippen LogP contribution in [0.25, 0.3) is 5.69 Å². The molecule has 0 aliphatic heterocycles. The number of H-pyrrole nitrogens is 1. The maximum absolute atomic E-state index is 12.8. The number of nitrogens with one attached hydrogen (secondary N) is 1. The summed E-state index contributed by atoms with van der Waals surface area (Å²) in [5.74, 6) is 0. The van der Waals surface area contributed by atoms with Crippen LogP contribution in [-0.4, -0.2) is 20.9 Å². The van der Waals surface area contributed by atoms with Gasteiger partial charge in [0.2, 0.25) is 0 Å². The third kappa shape index (κ3) is 3.57. The van der Waals surface area contributed by atoms with Gasteiger partial charge in [0.15, 0.2) is 0 Å². The van der Waals surface area contributed by atoms with E-state index in [2.05, 4.69) is 10.1 Å². The van der Waals surface area contributed by atoms with Crippen molar-refractivity contribution in [3.05, 3.63) is 84.8 Å². The van der Waals surface area contributed by atoms with Gasteiger partial charge < -0.3 is 0 Å². The molecule has 138 valence electrons. The van der Waals surface area contributed by atoms with Gasteiger partial charge in [-0.3, -0.25) is 20.0 Å². The van der Waals surface area contributed by atoms with E-state index in [4.69, 9.17) is 0 Å². The minimum absolute atomic E-state index is 0.0819. The van der Waals surface area contributed by atoms with Crippen molar-refractivity contribution >= 4 is 17.6 Å². The van der Waals surface area contributed by atoms with E-state index in [0.717, 1.165) is 22.4 Å². The number of aromatic nitrogens is 2. The fourth-order valence-corrected chi connectivity index (χ4v) is 2.83. The second-order valence-electron chi connectivity index (χ2n) is 6.57. The number of nitro groups is 1. The molecule has 2 aromatic carbocycles. The van der Waals surface area contributed by atoms with Crippen molar-refractivity contribution in [3.8, 4) is 5.69 Å². The normalized spacial score (nSPS) is 11.3. The van der Waals surface area contributed by atoms with Crippen LogP contribution in [-0.2, 0) is 0 Å². The van der Waals surface area contributed by atoms with Crippen molar-refractivity contribution < 1.29 is 4.92 Å². The number of benzene rings is 2. The highest BCUT2D eigenvalue weighted by Crippen LogP contribution is 2.30. The Bertz CT molecular complexity index is 1120. The van der Waals surface area contributed by atoms with Gasteiger partial charge in [0, 0.05) is 18.0 Å². The molecule has 0 spiro atoms. The van der Waals surface area contributed by atoms with E-state index in [1.165, 1.54) is 17.0 Å². The predicted molar refractivity (Wildman–Crippen MR) is 106 cm³/mol. The summed E-state index contributed by atoms with van der Waals surface area (Å²) in [5, 5.41) is 14.3. The fraction of sp³-hybridized carbons (Fsp3) is 0.200. The van der Waals surface area contributed by atoms with E-state index >= 15 is 0 Å². The van der Waals surface area contributed by atoms with Crippen LogP contribution in [0.4, 0.5) is 11.4 Å². The number of aryl methyl sites for hydroxylation is 4. The van der Waals surface area contributed by atoms with Gasteiger partial charge in [-0.2, -0.15) is 0 Å². The number of aliphatic imine (C=N–C) groups is 1. The molecule has 1 aromatic heterocycles. The highest BCUT2D eigenvalue weighted by molar-refractivity contribution is 5.84. The summed E-state index contributed by atoms with van der Waals surface area (Å²) < 4.78 is 1.44. The lowest BCUT2D eigenvalue weighted by atomic mass is 10.1. The Morgan fingerprint density at radius 1 is 1.11 bits per heavy atom. The molecule has 1 N–H and O–H groups in total. The molecule has 0 saturated heterocycles. The first-order chi connectivity index (χ1) is 12.8. The molecule has 0 aliphatic carbocycles. The molecule has 0 atom stereocenters. The summed E-state index contributed by atoms with van der Waals surface area (Å²) in [5.41, 5.74) is 4.37. The van der Waals surface area contributed by atoms with Gasteiger partial charge in [-0.1, -0.05) is 12.1 Å². The molecule has 0 amide bonds. The largest absolute Gasteiger partial charge is 0.295 e. The lowest BCUT2D eigenvalue weighted by Crippen LogP contribution is -2.17. The van der Waals surface area contributed by atoms with Crippen molar-refractivity contribution in [2.24, 2.45) is 4.99 Å². The molecule has 0 bridgehead atoms. The van der Waals surface area contributed by atoms with Gasteiger partial charge >= 0.3 is 0 Å². The smallest absolute Gasteiger partial charge is 0.295 e. The number of hydrogen-bond acceptors (Lipinski definition) is 4. The molecule has 0 saturated carbocycles. The molecule has 1 heterocycles. The molecule has 0 radical (unpaired) electrons. The summed E-state index contributed by atoms with van der Waals surface area (Å²) >= 11 is 0. The van der Waals surface area contributed by atoms with E-state index in [1.54, 1.807) is 13.0 Å². The predicted octanol–water partition coefficient (Wildman–Crippen LogP) is 4.06. The van der Waals surface area contributed by atoms with Crippen LogP contribution >= 0.6 is 0 Å². The molecule has 7 heteroatoms. The molecule has 3 aromatic rings. The van der Waals surface area contributed by atoms with Crippen molar-refractivity contribution in [3.63, 3.8) is 0 Å². The molecule has 0 aliphatic rings. The van der Waals surface area contributed by atoms with Crippen LogP contribution in [0.15, 0.2) is 46.2 Å². The number of nitrogens with zero attached hydrogens (tertiary/aromatic N) is 3. The molecule has 0 unspecified atom stereocenters. The fourth-order valence-electron chi connectivity index (χ4n) is 2.83. The molecule has 3 rings (SSSR count). The summed E-state index contributed by atoms with van der Waals surface area (Å²) in [6, 6.07) is 10.7. The summed E-state index contributed by atoms with van der Waals surface area (Å²) in [4.78, 5) is 27.9. The van der Waals surface area contributed by atoms with Gasteiger partial charge in [-0.25, -0.2) is 9.67 Å². The Morgan fingerprint density at radius 2 is 1.81 bits per heavy atom. The summed E-state index contributed by atoms with van der Waals surface area (Å²) in [7, 11) is 0. The van der Waals surface area contributed by atoms with E-state index in [1.807, 2.05) is 45.0 Å². The van der Waals surface area contributed by atoms with Crippen molar-refractivity contribution in [2.45, 2.75) is 27.7 Å². The van der Waals surface area contributed by atoms with Gasteiger partial charge in [0.1, 0.15) is 5.69 Å². The number of aromatic amines is 1. The molecular weight excluding hydrogens is 344 g/mol. The monoisotopic (exact) mass is 364 g/mol. The standard InChI is InChI=1S/C20H20N4O3/c1-12-6-5-7-16(8-12)23-20(25)17(15(4)22-23)11-21-18-9-13(2)14(3)10-19(18)24(26)27/h5-11,22H,1-4H3. The Hall–Kier alpha value is -3.48. The second-order valence-corrected chi connectivity index (χ2v) is 6.57. The third-order valence-electron chi connectivity index (χ3n) is 4.50. The van der Waals surface area contributed by atoms with E-state index in [9.17, 15) is 14.9 Å². The average molecular weight is 364 g/mol. The molecule has 7 nitrogen and oxygen atoms in total. The highest BCUT2D eigenvalue weighted by Gasteiger charge is 2.16. The third-order valence-corrected chi connectivity index (χ3v) is 4.50. The first-order valence-electron chi connectivity index (χ1n) is 8.46. The summed E-state index contributed by atoms with van der Waals surface area (Å²) in [6.07, 6.45) is 1.39. The van der Waals surface area contributed by atoms with Crippen LogP contribution in [0.1, 0.15) is 27.9 Å². The molecular formula is C20H20N4O3. The first kappa shape index (κ1) is 18.3. The van der Waals surface area contributed by atoms with Gasteiger partial charge in [-0.05, 0) is 62.6 Å². The first-order valence-corrected chi connectivity index (χ1v) is 8.46. The van der Waals surface area contributed by atoms with E-state index < -0.39 is 4.92 Å². The minimum Gasteiger partial charge on any atom is -0.295 e. The zero-order valence-electron chi connectivity index (χ0n) is 15.6. The van der Waals surface area contributed by atoms with Crippen LogP contribution in [0.5, 0.6) is 0 Å². The van der Waals surface area contributed by atoms with Crippen molar-refractivity contribution in [2.75, 3.05) is 0 Å². The van der Waals surface area contributed by atoms with Crippen LogP contribution in [0.2, 0.25) is 0 Å². The van der Waals surface area contributed by atoms with Crippen molar-refractivity contribution in [1.29, 1.82) is 0 Å². The van der Waals surface area contributed by atoms with Gasteiger partial charge in [-0.15, -0.1) is 0 Å². The van der Waals surface area contributed by atoms with Crippen LogP contribution in [0.3, 0.4) is 0 Å². The SMILES string of the molecule is Cc1cccc(-n2[nH]c(C)c(C=Nc3cc(C)c(C)cc3[N+](=O)[O-])c2=O)c1. The zero-order valence-corrected chi connectivity index (χ0v) is 15.6. The average Bonchev–Trinajstić information content (AvgIpc) is 2.89. The lowest BCUT2D eigenvalue weighted by molar-refractivity contribution is -0.384. The van der Waals surface area contributed by atoms with Crippen LogP contribution < -0.4 is 5.56 Å².